The van der Waals surface area contributed by atoms with Gasteiger partial charge in [-0.15, -0.1) is 0 Å². The Balaban J connectivity index is 1.41. The molecule has 162 valence electrons. The average molecular weight is 450 g/mol. The maximum Gasteiger partial charge on any atom is 0.243 e. The molecule has 0 aliphatic carbocycles. The molecule has 0 bridgehead atoms. The SMILES string of the molecule is COc1ccc(S(=O)(=O)N2CCC[C@@H]2C(=O)N2CCN(Cc3ccsc3)CC2)cc1. The van der Waals surface area contributed by atoms with E-state index in [2.05, 4.69) is 21.7 Å². The Morgan fingerprint density at radius 3 is 2.47 bits per heavy atom. The van der Waals surface area contributed by atoms with Crippen LogP contribution in [0.2, 0.25) is 0 Å². The molecule has 0 N–H and O–H groups in total. The second-order valence-corrected chi connectivity index (χ2v) is 10.4. The van der Waals surface area contributed by atoms with E-state index in [1.807, 2.05) is 4.90 Å². The molecule has 2 fully saturated rings. The second kappa shape index (κ2) is 9.05. The fraction of sp³-hybridized carbons (Fsp3) is 0.476. The standard InChI is InChI=1S/C21H27N3O4S2/c1-28-18-4-6-19(7-5-18)30(26,27)24-9-2-3-20(24)21(25)23-12-10-22(11-13-23)15-17-8-14-29-16-17/h4-8,14,16,20H,2-3,9-13,15H2,1H3/t20-/m1/s1. The Hall–Kier alpha value is -1.94. The van der Waals surface area contributed by atoms with E-state index in [4.69, 9.17) is 4.74 Å². The molecule has 1 aromatic carbocycles. The molecule has 1 aromatic heterocycles. The number of amides is 1. The largest absolute Gasteiger partial charge is 0.497 e. The first-order valence-corrected chi connectivity index (χ1v) is 12.6. The van der Waals surface area contributed by atoms with E-state index >= 15 is 0 Å². The minimum absolute atomic E-state index is 0.0697. The summed E-state index contributed by atoms with van der Waals surface area (Å²) in [5.41, 5.74) is 1.30. The molecule has 0 unspecified atom stereocenters. The predicted octanol–water partition coefficient (Wildman–Crippen LogP) is 2.25. The van der Waals surface area contributed by atoms with Gasteiger partial charge in [0.25, 0.3) is 0 Å². The zero-order chi connectivity index (χ0) is 21.1. The molecule has 2 aliphatic heterocycles. The molecule has 4 rings (SSSR count). The molecule has 0 saturated carbocycles. The Kier molecular flexibility index (Phi) is 6.43. The summed E-state index contributed by atoms with van der Waals surface area (Å²) in [6.07, 6.45) is 1.27. The van der Waals surface area contributed by atoms with Gasteiger partial charge in [0.05, 0.1) is 12.0 Å². The molecule has 2 aromatic rings. The van der Waals surface area contributed by atoms with Crippen molar-refractivity contribution >= 4 is 27.3 Å². The van der Waals surface area contributed by atoms with E-state index in [1.165, 1.54) is 22.0 Å². The molecule has 0 spiro atoms. The lowest BCUT2D eigenvalue weighted by molar-refractivity contribution is -0.136. The van der Waals surface area contributed by atoms with Crippen molar-refractivity contribution in [3.63, 3.8) is 0 Å². The Morgan fingerprint density at radius 1 is 1.10 bits per heavy atom. The number of thiophene rings is 1. The molecule has 1 amide bonds. The lowest BCUT2D eigenvalue weighted by Crippen LogP contribution is -2.54. The maximum atomic E-state index is 13.2. The number of rotatable bonds is 6. The molecule has 3 heterocycles. The summed E-state index contributed by atoms with van der Waals surface area (Å²) in [7, 11) is -2.18. The van der Waals surface area contributed by atoms with Gasteiger partial charge in [0, 0.05) is 39.3 Å². The smallest absolute Gasteiger partial charge is 0.243 e. The van der Waals surface area contributed by atoms with E-state index in [1.54, 1.807) is 30.6 Å². The molecular weight excluding hydrogens is 422 g/mol. The van der Waals surface area contributed by atoms with Crippen LogP contribution in [0, 0.1) is 0 Å². The average Bonchev–Trinajstić information content (AvgIpc) is 3.46. The van der Waals surface area contributed by atoms with Gasteiger partial charge in [-0.05, 0) is 59.5 Å². The fourth-order valence-electron chi connectivity index (χ4n) is 4.14. The molecule has 0 radical (unpaired) electrons. The second-order valence-electron chi connectivity index (χ2n) is 7.68. The number of hydrogen-bond donors (Lipinski definition) is 0. The molecule has 1 atom stereocenters. The van der Waals surface area contributed by atoms with Crippen molar-refractivity contribution in [2.24, 2.45) is 0 Å². The Labute approximate surface area is 181 Å². The first-order chi connectivity index (χ1) is 14.5. The lowest BCUT2D eigenvalue weighted by atomic mass is 10.2. The third-order valence-electron chi connectivity index (χ3n) is 5.83. The summed E-state index contributed by atoms with van der Waals surface area (Å²) >= 11 is 1.69. The van der Waals surface area contributed by atoms with Crippen LogP contribution in [0.5, 0.6) is 5.75 Å². The van der Waals surface area contributed by atoms with Crippen LogP contribution in [0.3, 0.4) is 0 Å². The van der Waals surface area contributed by atoms with Crippen LogP contribution in [-0.4, -0.2) is 74.3 Å². The van der Waals surface area contributed by atoms with Crippen molar-refractivity contribution in [1.82, 2.24) is 14.1 Å². The van der Waals surface area contributed by atoms with E-state index in [9.17, 15) is 13.2 Å². The highest BCUT2D eigenvalue weighted by molar-refractivity contribution is 7.89. The normalized spacial score (nSPS) is 21.1. The van der Waals surface area contributed by atoms with E-state index in [0.29, 0.717) is 38.2 Å². The summed E-state index contributed by atoms with van der Waals surface area (Å²) in [5.74, 6) is 0.531. The number of ether oxygens (including phenoxy) is 1. The van der Waals surface area contributed by atoms with Crippen molar-refractivity contribution in [1.29, 1.82) is 0 Å². The zero-order valence-electron chi connectivity index (χ0n) is 17.1. The first-order valence-electron chi connectivity index (χ1n) is 10.2. The molecule has 30 heavy (non-hydrogen) atoms. The van der Waals surface area contributed by atoms with Gasteiger partial charge >= 0.3 is 0 Å². The summed E-state index contributed by atoms with van der Waals surface area (Å²) in [4.78, 5) is 17.6. The number of carbonyl (C=O) groups excluding carboxylic acids is 1. The lowest BCUT2D eigenvalue weighted by Gasteiger charge is -2.37. The van der Waals surface area contributed by atoms with Gasteiger partial charge in [0.1, 0.15) is 11.8 Å². The molecule has 2 saturated heterocycles. The topological polar surface area (TPSA) is 70.2 Å². The predicted molar refractivity (Wildman–Crippen MR) is 116 cm³/mol. The third kappa shape index (κ3) is 4.39. The van der Waals surface area contributed by atoms with Crippen molar-refractivity contribution in [2.45, 2.75) is 30.3 Å². The van der Waals surface area contributed by atoms with Gasteiger partial charge in [0.2, 0.25) is 15.9 Å². The number of benzene rings is 1. The first kappa shape index (κ1) is 21.3. The van der Waals surface area contributed by atoms with Crippen LogP contribution >= 0.6 is 11.3 Å². The van der Waals surface area contributed by atoms with E-state index in [0.717, 1.165) is 19.6 Å². The monoisotopic (exact) mass is 449 g/mol. The molecule has 9 heteroatoms. The minimum Gasteiger partial charge on any atom is -0.497 e. The highest BCUT2D eigenvalue weighted by atomic mass is 32.2. The number of sulfonamides is 1. The van der Waals surface area contributed by atoms with Crippen LogP contribution in [0.4, 0.5) is 0 Å². The van der Waals surface area contributed by atoms with Crippen LogP contribution in [-0.2, 0) is 21.4 Å². The van der Waals surface area contributed by atoms with Gasteiger partial charge < -0.3 is 9.64 Å². The number of nitrogens with zero attached hydrogens (tertiary/aromatic N) is 3. The number of carbonyl (C=O) groups is 1. The van der Waals surface area contributed by atoms with Gasteiger partial charge in [-0.3, -0.25) is 9.69 Å². The van der Waals surface area contributed by atoms with Crippen LogP contribution in [0.15, 0.2) is 46.0 Å². The highest BCUT2D eigenvalue weighted by Gasteiger charge is 2.41. The number of hydrogen-bond acceptors (Lipinski definition) is 6. The molecule has 7 nitrogen and oxygen atoms in total. The van der Waals surface area contributed by atoms with Crippen molar-refractivity contribution in [3.8, 4) is 5.75 Å². The zero-order valence-corrected chi connectivity index (χ0v) is 18.7. The summed E-state index contributed by atoms with van der Waals surface area (Å²) in [5, 5.41) is 4.23. The Morgan fingerprint density at radius 2 is 1.83 bits per heavy atom. The van der Waals surface area contributed by atoms with Crippen molar-refractivity contribution < 1.29 is 17.9 Å². The fourth-order valence-corrected chi connectivity index (χ4v) is 6.45. The van der Waals surface area contributed by atoms with Crippen LogP contribution in [0.25, 0.3) is 0 Å². The number of methoxy groups -OCH3 is 1. The highest BCUT2D eigenvalue weighted by Crippen LogP contribution is 2.28. The minimum atomic E-state index is -3.72. The molecule has 2 aliphatic rings. The van der Waals surface area contributed by atoms with E-state index in [-0.39, 0.29) is 10.8 Å². The summed E-state index contributed by atoms with van der Waals surface area (Å²) in [6, 6.07) is 7.86. The quantitative estimate of drug-likeness (QED) is 0.677. The summed E-state index contributed by atoms with van der Waals surface area (Å²) in [6.45, 7) is 4.15. The number of piperazine rings is 1. The maximum absolute atomic E-state index is 13.2. The summed E-state index contributed by atoms with van der Waals surface area (Å²) < 4.78 is 32.8. The van der Waals surface area contributed by atoms with Gasteiger partial charge in [0.15, 0.2) is 0 Å². The van der Waals surface area contributed by atoms with Crippen molar-refractivity contribution in [2.75, 3.05) is 39.8 Å². The molecular formula is C21H27N3O4S2. The van der Waals surface area contributed by atoms with Gasteiger partial charge in [-0.2, -0.15) is 15.6 Å². The van der Waals surface area contributed by atoms with Crippen molar-refractivity contribution in [3.05, 3.63) is 46.7 Å². The third-order valence-corrected chi connectivity index (χ3v) is 8.48. The van der Waals surface area contributed by atoms with Gasteiger partial charge in [-0.25, -0.2) is 8.42 Å². The van der Waals surface area contributed by atoms with Gasteiger partial charge in [-0.1, -0.05) is 0 Å². The van der Waals surface area contributed by atoms with E-state index < -0.39 is 16.1 Å². The Bertz CT molecular complexity index is 953. The van der Waals surface area contributed by atoms with Crippen LogP contribution < -0.4 is 4.74 Å². The van der Waals surface area contributed by atoms with Crippen LogP contribution in [0.1, 0.15) is 18.4 Å².